The Balaban J connectivity index is 1.49. The zero-order valence-electron chi connectivity index (χ0n) is 14.0. The lowest BCUT2D eigenvalue weighted by atomic mass is 10.2. The molecule has 0 spiro atoms. The minimum atomic E-state index is 0.496. The monoisotopic (exact) mass is 382 g/mol. The summed E-state index contributed by atoms with van der Waals surface area (Å²) in [5.74, 6) is 1.57. The molecule has 0 radical (unpaired) electrons. The Morgan fingerprint density at radius 1 is 1.08 bits per heavy atom. The number of hydrogen-bond acceptors (Lipinski definition) is 5. The molecule has 2 aromatic heterocycles. The molecule has 0 N–H and O–H groups in total. The molecule has 0 atom stereocenters. The summed E-state index contributed by atoms with van der Waals surface area (Å²) < 4.78 is 7.41. The minimum absolute atomic E-state index is 0.496. The van der Waals surface area contributed by atoms with Crippen LogP contribution in [-0.2, 0) is 12.8 Å². The van der Waals surface area contributed by atoms with Crippen LogP contribution in [0.5, 0.6) is 0 Å². The summed E-state index contributed by atoms with van der Waals surface area (Å²) in [6.07, 6.45) is 1.88. The molecular weight excluding hydrogens is 368 g/mol. The first kappa shape index (κ1) is 16.9. The van der Waals surface area contributed by atoms with Gasteiger partial charge in [-0.1, -0.05) is 71.0 Å². The fraction of sp³-hybridized carbons (Fsp3) is 0.105. The molecule has 0 saturated heterocycles. The summed E-state index contributed by atoms with van der Waals surface area (Å²) in [4.78, 5) is 8.93. The van der Waals surface area contributed by atoms with E-state index in [-0.39, 0.29) is 0 Å². The van der Waals surface area contributed by atoms with Crippen LogP contribution in [0.2, 0.25) is 5.02 Å². The van der Waals surface area contributed by atoms with Crippen LogP contribution < -0.4 is 0 Å². The van der Waals surface area contributed by atoms with Crippen molar-refractivity contribution in [1.82, 2.24) is 19.7 Å². The molecule has 0 saturated carbocycles. The van der Waals surface area contributed by atoms with E-state index in [1.807, 2.05) is 49.6 Å². The molecule has 2 aromatic carbocycles. The van der Waals surface area contributed by atoms with Crippen molar-refractivity contribution in [3.63, 3.8) is 0 Å². The van der Waals surface area contributed by atoms with E-state index in [2.05, 4.69) is 31.8 Å². The number of halogens is 1. The van der Waals surface area contributed by atoms with Gasteiger partial charge in [0.15, 0.2) is 5.16 Å². The highest BCUT2D eigenvalue weighted by atomic mass is 35.5. The summed E-state index contributed by atoms with van der Waals surface area (Å²) in [6.45, 7) is 0. The third-order valence-corrected chi connectivity index (χ3v) is 5.28. The summed E-state index contributed by atoms with van der Waals surface area (Å²) in [5, 5.41) is 5.51. The second kappa shape index (κ2) is 7.35. The number of hydrogen-bond donors (Lipinski definition) is 0. The first-order valence-corrected chi connectivity index (χ1v) is 9.36. The van der Waals surface area contributed by atoms with Gasteiger partial charge in [0.25, 0.3) is 0 Å². The summed E-state index contributed by atoms with van der Waals surface area (Å²) in [7, 11) is 2.00. The SMILES string of the molecule is Cn1c(-c2ccccc2)cnc1SCc1nc(-c2ccccc2Cl)no1. The zero-order chi connectivity index (χ0) is 17.9. The zero-order valence-corrected chi connectivity index (χ0v) is 15.5. The van der Waals surface area contributed by atoms with Gasteiger partial charge in [0, 0.05) is 12.6 Å². The quantitative estimate of drug-likeness (QED) is 0.450. The highest BCUT2D eigenvalue weighted by Crippen LogP contribution is 2.28. The molecule has 0 unspecified atom stereocenters. The summed E-state index contributed by atoms with van der Waals surface area (Å²) >= 11 is 7.73. The van der Waals surface area contributed by atoms with Crippen molar-refractivity contribution in [2.24, 2.45) is 7.05 Å². The van der Waals surface area contributed by atoms with Gasteiger partial charge in [-0.2, -0.15) is 4.98 Å². The number of thioether (sulfide) groups is 1. The second-order valence-electron chi connectivity index (χ2n) is 5.63. The van der Waals surface area contributed by atoms with Gasteiger partial charge in [-0.15, -0.1) is 0 Å². The smallest absolute Gasteiger partial charge is 0.237 e. The van der Waals surface area contributed by atoms with Crippen LogP contribution >= 0.6 is 23.4 Å². The Bertz CT molecular complexity index is 1030. The lowest BCUT2D eigenvalue weighted by molar-refractivity contribution is 0.391. The lowest BCUT2D eigenvalue weighted by Gasteiger charge is -2.04. The molecule has 0 aliphatic carbocycles. The van der Waals surface area contributed by atoms with Crippen molar-refractivity contribution in [1.29, 1.82) is 0 Å². The fourth-order valence-electron chi connectivity index (χ4n) is 2.60. The van der Waals surface area contributed by atoms with E-state index in [4.69, 9.17) is 16.1 Å². The number of benzene rings is 2. The predicted molar refractivity (Wildman–Crippen MR) is 103 cm³/mol. The van der Waals surface area contributed by atoms with Crippen molar-refractivity contribution in [3.05, 3.63) is 71.7 Å². The molecule has 0 aliphatic rings. The van der Waals surface area contributed by atoms with E-state index >= 15 is 0 Å². The average Bonchev–Trinajstić information content (AvgIpc) is 3.28. The third kappa shape index (κ3) is 3.38. The Kier molecular flexibility index (Phi) is 4.77. The van der Waals surface area contributed by atoms with E-state index in [1.165, 1.54) is 0 Å². The van der Waals surface area contributed by atoms with Crippen molar-refractivity contribution in [3.8, 4) is 22.6 Å². The molecule has 4 aromatic rings. The van der Waals surface area contributed by atoms with Crippen molar-refractivity contribution < 1.29 is 4.52 Å². The molecule has 0 bridgehead atoms. The number of nitrogens with zero attached hydrogens (tertiary/aromatic N) is 4. The predicted octanol–water partition coefficient (Wildman–Crippen LogP) is 5.08. The van der Waals surface area contributed by atoms with E-state index in [0.717, 1.165) is 22.0 Å². The van der Waals surface area contributed by atoms with Crippen LogP contribution in [-0.4, -0.2) is 19.7 Å². The van der Waals surface area contributed by atoms with Gasteiger partial charge in [-0.3, -0.25) is 0 Å². The van der Waals surface area contributed by atoms with Gasteiger partial charge >= 0.3 is 0 Å². The first-order chi connectivity index (χ1) is 12.7. The van der Waals surface area contributed by atoms with E-state index < -0.39 is 0 Å². The normalized spacial score (nSPS) is 11.0. The third-order valence-electron chi connectivity index (χ3n) is 3.92. The summed E-state index contributed by atoms with van der Waals surface area (Å²) in [5.41, 5.74) is 2.96. The van der Waals surface area contributed by atoms with Gasteiger partial charge in [-0.05, 0) is 17.7 Å². The van der Waals surface area contributed by atoms with Crippen molar-refractivity contribution in [2.75, 3.05) is 0 Å². The van der Waals surface area contributed by atoms with E-state index in [9.17, 15) is 0 Å². The fourth-order valence-corrected chi connectivity index (χ4v) is 3.60. The Hall–Kier alpha value is -2.57. The first-order valence-electron chi connectivity index (χ1n) is 8.00. The molecule has 0 amide bonds. The molecule has 130 valence electrons. The molecular formula is C19H15ClN4OS. The molecule has 5 nitrogen and oxygen atoms in total. The van der Waals surface area contributed by atoms with Gasteiger partial charge in [-0.25, -0.2) is 4.98 Å². The standard InChI is InChI=1S/C19H15ClN4OS/c1-24-16(13-7-3-2-4-8-13)11-21-19(24)26-12-17-22-18(23-25-17)14-9-5-6-10-15(14)20/h2-11H,12H2,1H3. The van der Waals surface area contributed by atoms with Crippen molar-refractivity contribution in [2.45, 2.75) is 10.9 Å². The van der Waals surface area contributed by atoms with Crippen LogP contribution in [0, 0.1) is 0 Å². The molecule has 7 heteroatoms. The minimum Gasteiger partial charge on any atom is -0.338 e. The lowest BCUT2D eigenvalue weighted by Crippen LogP contribution is -1.94. The van der Waals surface area contributed by atoms with Crippen LogP contribution in [0.25, 0.3) is 22.6 Å². The topological polar surface area (TPSA) is 56.7 Å². The highest BCUT2D eigenvalue weighted by molar-refractivity contribution is 7.98. The van der Waals surface area contributed by atoms with Crippen LogP contribution in [0.1, 0.15) is 5.89 Å². The highest BCUT2D eigenvalue weighted by Gasteiger charge is 2.14. The van der Waals surface area contributed by atoms with Gasteiger partial charge in [0.2, 0.25) is 11.7 Å². The van der Waals surface area contributed by atoms with Crippen LogP contribution in [0.4, 0.5) is 0 Å². The molecule has 0 aliphatic heterocycles. The molecule has 26 heavy (non-hydrogen) atoms. The number of aromatic nitrogens is 4. The Labute approximate surface area is 160 Å². The molecule has 4 rings (SSSR count). The molecule has 0 fully saturated rings. The van der Waals surface area contributed by atoms with Gasteiger partial charge in [0.1, 0.15) is 0 Å². The second-order valence-corrected chi connectivity index (χ2v) is 6.98. The number of rotatable bonds is 5. The van der Waals surface area contributed by atoms with Gasteiger partial charge < -0.3 is 9.09 Å². The Morgan fingerprint density at radius 2 is 1.85 bits per heavy atom. The number of imidazole rings is 1. The maximum absolute atomic E-state index is 6.18. The van der Waals surface area contributed by atoms with E-state index in [0.29, 0.717) is 22.5 Å². The maximum Gasteiger partial charge on any atom is 0.237 e. The van der Waals surface area contributed by atoms with Crippen LogP contribution in [0.15, 0.2) is 70.5 Å². The maximum atomic E-state index is 6.18. The molecule has 2 heterocycles. The van der Waals surface area contributed by atoms with E-state index in [1.54, 1.807) is 17.8 Å². The van der Waals surface area contributed by atoms with Gasteiger partial charge in [0.05, 0.1) is 22.7 Å². The average molecular weight is 383 g/mol. The Morgan fingerprint density at radius 3 is 2.65 bits per heavy atom. The van der Waals surface area contributed by atoms with Crippen LogP contribution in [0.3, 0.4) is 0 Å². The largest absolute Gasteiger partial charge is 0.338 e. The van der Waals surface area contributed by atoms with Crippen molar-refractivity contribution >= 4 is 23.4 Å². The summed E-state index contributed by atoms with van der Waals surface area (Å²) in [6, 6.07) is 17.6.